The number of rotatable bonds is 3. The van der Waals surface area contributed by atoms with Gasteiger partial charge < -0.3 is 14.6 Å². The first kappa shape index (κ1) is 11.2. The van der Waals surface area contributed by atoms with Gasteiger partial charge in [0.25, 0.3) is 0 Å². The number of nitrogens with one attached hydrogen (secondary N) is 1. The summed E-state index contributed by atoms with van der Waals surface area (Å²) in [5.41, 5.74) is 0. The average Bonchev–Trinajstić information content (AvgIpc) is 3.00. The van der Waals surface area contributed by atoms with Crippen molar-refractivity contribution >= 4 is 0 Å². The van der Waals surface area contributed by atoms with Crippen molar-refractivity contribution in [3.8, 4) is 0 Å². The van der Waals surface area contributed by atoms with Crippen LogP contribution in [0.3, 0.4) is 0 Å². The Bertz CT molecular complexity index is 354. The first-order valence-corrected chi connectivity index (χ1v) is 6.55. The van der Waals surface area contributed by atoms with E-state index in [1.54, 1.807) is 0 Å². The van der Waals surface area contributed by atoms with Crippen molar-refractivity contribution in [1.82, 2.24) is 15.5 Å². The topological polar surface area (TPSA) is 60.2 Å². The smallest absolute Gasteiger partial charge is 0.232 e. The second-order valence-corrected chi connectivity index (χ2v) is 4.96. The van der Waals surface area contributed by atoms with E-state index in [1.165, 1.54) is 19.3 Å². The molecule has 2 aliphatic heterocycles. The first-order chi connectivity index (χ1) is 8.42. The zero-order valence-corrected chi connectivity index (χ0v) is 10.0. The van der Waals surface area contributed by atoms with Crippen LogP contribution in [0.5, 0.6) is 0 Å². The van der Waals surface area contributed by atoms with Crippen LogP contribution in [0.1, 0.15) is 43.3 Å². The van der Waals surface area contributed by atoms with E-state index in [1.807, 2.05) is 0 Å². The molecule has 3 heterocycles. The molecule has 1 aromatic heterocycles. The lowest BCUT2D eigenvalue weighted by molar-refractivity contribution is 0.189. The van der Waals surface area contributed by atoms with Crippen molar-refractivity contribution in [3.05, 3.63) is 11.7 Å². The second-order valence-electron chi connectivity index (χ2n) is 4.96. The SMILES string of the molecule is C1CCC(Cc2noc(C3CCOC3)n2)NC1. The number of aromatic nitrogens is 2. The van der Waals surface area contributed by atoms with Crippen LogP contribution >= 0.6 is 0 Å². The summed E-state index contributed by atoms with van der Waals surface area (Å²) < 4.78 is 10.7. The highest BCUT2D eigenvalue weighted by molar-refractivity contribution is 4.97. The van der Waals surface area contributed by atoms with E-state index in [0.717, 1.165) is 44.3 Å². The fourth-order valence-corrected chi connectivity index (χ4v) is 2.56. The molecular formula is C12H19N3O2. The van der Waals surface area contributed by atoms with Gasteiger partial charge in [-0.2, -0.15) is 4.98 Å². The molecule has 2 atom stereocenters. The van der Waals surface area contributed by atoms with E-state index in [0.29, 0.717) is 12.0 Å². The van der Waals surface area contributed by atoms with Gasteiger partial charge in [0, 0.05) is 19.1 Å². The normalized spacial score (nSPS) is 29.6. The zero-order chi connectivity index (χ0) is 11.5. The summed E-state index contributed by atoms with van der Waals surface area (Å²) in [5, 5.41) is 7.57. The Kier molecular flexibility index (Phi) is 3.38. The third-order valence-corrected chi connectivity index (χ3v) is 3.60. The lowest BCUT2D eigenvalue weighted by atomic mass is 10.0. The predicted molar refractivity (Wildman–Crippen MR) is 61.8 cm³/mol. The molecule has 0 amide bonds. The predicted octanol–water partition coefficient (Wildman–Crippen LogP) is 1.26. The molecule has 0 aliphatic carbocycles. The second kappa shape index (κ2) is 5.14. The van der Waals surface area contributed by atoms with Crippen molar-refractivity contribution in [2.75, 3.05) is 19.8 Å². The molecule has 0 radical (unpaired) electrons. The maximum atomic E-state index is 5.33. The first-order valence-electron chi connectivity index (χ1n) is 6.55. The molecule has 1 N–H and O–H groups in total. The van der Waals surface area contributed by atoms with E-state index >= 15 is 0 Å². The number of hydrogen-bond donors (Lipinski definition) is 1. The number of ether oxygens (including phenoxy) is 1. The molecule has 0 saturated carbocycles. The fraction of sp³-hybridized carbons (Fsp3) is 0.833. The number of piperidine rings is 1. The molecular weight excluding hydrogens is 218 g/mol. The van der Waals surface area contributed by atoms with Gasteiger partial charge in [-0.05, 0) is 25.8 Å². The van der Waals surface area contributed by atoms with Crippen molar-refractivity contribution < 1.29 is 9.26 Å². The zero-order valence-electron chi connectivity index (χ0n) is 10.0. The van der Waals surface area contributed by atoms with Crippen LogP contribution in [-0.4, -0.2) is 35.9 Å². The number of hydrogen-bond acceptors (Lipinski definition) is 5. The van der Waals surface area contributed by atoms with Gasteiger partial charge in [-0.25, -0.2) is 0 Å². The summed E-state index contributed by atoms with van der Waals surface area (Å²) in [7, 11) is 0. The fourth-order valence-electron chi connectivity index (χ4n) is 2.56. The summed E-state index contributed by atoms with van der Waals surface area (Å²) in [6, 6.07) is 0.522. The minimum absolute atomic E-state index is 0.315. The van der Waals surface area contributed by atoms with E-state index in [2.05, 4.69) is 15.5 Å². The standard InChI is InChI=1S/C12H19N3O2/c1-2-5-13-10(3-1)7-11-14-12(17-15-11)9-4-6-16-8-9/h9-10,13H,1-8H2. The van der Waals surface area contributed by atoms with Crippen molar-refractivity contribution in [2.24, 2.45) is 0 Å². The van der Waals surface area contributed by atoms with Crippen LogP contribution in [-0.2, 0) is 11.2 Å². The summed E-state index contributed by atoms with van der Waals surface area (Å²) in [6.07, 6.45) is 5.70. The van der Waals surface area contributed by atoms with Crippen LogP contribution in [0.2, 0.25) is 0 Å². The molecule has 0 aromatic carbocycles. The summed E-state index contributed by atoms with van der Waals surface area (Å²) in [4.78, 5) is 4.49. The van der Waals surface area contributed by atoms with Gasteiger partial charge in [0.2, 0.25) is 5.89 Å². The minimum Gasteiger partial charge on any atom is -0.381 e. The van der Waals surface area contributed by atoms with E-state index in [9.17, 15) is 0 Å². The third-order valence-electron chi connectivity index (χ3n) is 3.60. The van der Waals surface area contributed by atoms with Crippen molar-refractivity contribution in [1.29, 1.82) is 0 Å². The van der Waals surface area contributed by atoms with Gasteiger partial charge in [0.05, 0.1) is 12.5 Å². The molecule has 2 aliphatic rings. The maximum Gasteiger partial charge on any atom is 0.232 e. The molecule has 94 valence electrons. The highest BCUT2D eigenvalue weighted by atomic mass is 16.5. The van der Waals surface area contributed by atoms with Gasteiger partial charge in [-0.1, -0.05) is 11.6 Å². The summed E-state index contributed by atoms with van der Waals surface area (Å²) >= 11 is 0. The van der Waals surface area contributed by atoms with Crippen LogP contribution in [0, 0.1) is 0 Å². The molecule has 2 unspecified atom stereocenters. The van der Waals surface area contributed by atoms with Gasteiger partial charge in [-0.15, -0.1) is 0 Å². The third kappa shape index (κ3) is 2.66. The monoisotopic (exact) mass is 237 g/mol. The molecule has 17 heavy (non-hydrogen) atoms. The Morgan fingerprint density at radius 1 is 1.29 bits per heavy atom. The van der Waals surface area contributed by atoms with Crippen molar-refractivity contribution in [2.45, 2.75) is 44.1 Å². The summed E-state index contributed by atoms with van der Waals surface area (Å²) in [5.74, 6) is 1.91. The van der Waals surface area contributed by atoms with E-state index in [-0.39, 0.29) is 0 Å². The lowest BCUT2D eigenvalue weighted by Gasteiger charge is -2.21. The van der Waals surface area contributed by atoms with Crippen LogP contribution in [0.25, 0.3) is 0 Å². The molecule has 2 saturated heterocycles. The molecule has 3 rings (SSSR count). The quantitative estimate of drug-likeness (QED) is 0.857. The maximum absolute atomic E-state index is 5.33. The van der Waals surface area contributed by atoms with E-state index in [4.69, 9.17) is 9.26 Å². The molecule has 5 heteroatoms. The van der Waals surface area contributed by atoms with Gasteiger partial charge in [0.15, 0.2) is 5.82 Å². The van der Waals surface area contributed by atoms with Gasteiger partial charge >= 0.3 is 0 Å². The Hall–Kier alpha value is -0.940. The molecule has 2 fully saturated rings. The minimum atomic E-state index is 0.315. The summed E-state index contributed by atoms with van der Waals surface area (Å²) in [6.45, 7) is 2.65. The Labute approximate surface area is 101 Å². The van der Waals surface area contributed by atoms with Gasteiger partial charge in [-0.3, -0.25) is 0 Å². The van der Waals surface area contributed by atoms with Crippen molar-refractivity contribution in [3.63, 3.8) is 0 Å². The Balaban J connectivity index is 1.59. The Morgan fingerprint density at radius 2 is 2.29 bits per heavy atom. The largest absolute Gasteiger partial charge is 0.381 e. The van der Waals surface area contributed by atoms with Crippen LogP contribution in [0.4, 0.5) is 0 Å². The Morgan fingerprint density at radius 3 is 3.06 bits per heavy atom. The van der Waals surface area contributed by atoms with Crippen LogP contribution < -0.4 is 5.32 Å². The molecule has 1 aromatic rings. The highest BCUT2D eigenvalue weighted by Gasteiger charge is 2.24. The van der Waals surface area contributed by atoms with Gasteiger partial charge in [0.1, 0.15) is 0 Å². The number of nitrogens with zero attached hydrogens (tertiary/aromatic N) is 2. The molecule has 0 spiro atoms. The highest BCUT2D eigenvalue weighted by Crippen LogP contribution is 2.23. The van der Waals surface area contributed by atoms with Crippen LogP contribution in [0.15, 0.2) is 4.52 Å². The van der Waals surface area contributed by atoms with E-state index < -0.39 is 0 Å². The molecule has 5 nitrogen and oxygen atoms in total. The lowest BCUT2D eigenvalue weighted by Crippen LogP contribution is -2.35. The average molecular weight is 237 g/mol. The molecule has 0 bridgehead atoms.